The summed E-state index contributed by atoms with van der Waals surface area (Å²) in [6, 6.07) is 1.90. The molecule has 0 aromatic carbocycles. The van der Waals surface area contributed by atoms with Gasteiger partial charge in [0.1, 0.15) is 11.5 Å². The van der Waals surface area contributed by atoms with Gasteiger partial charge in [0.05, 0.1) is 13.2 Å². The lowest BCUT2D eigenvalue weighted by Gasteiger charge is -2.24. The van der Waals surface area contributed by atoms with Crippen LogP contribution in [0.3, 0.4) is 0 Å². The summed E-state index contributed by atoms with van der Waals surface area (Å²) in [6.07, 6.45) is 1.66. The number of nitrogens with one attached hydrogen (secondary N) is 1. The Morgan fingerprint density at radius 2 is 2.24 bits per heavy atom. The zero-order valence-corrected chi connectivity index (χ0v) is 17.2. The van der Waals surface area contributed by atoms with E-state index in [9.17, 15) is 9.59 Å². The predicted octanol–water partition coefficient (Wildman–Crippen LogP) is 1.68. The van der Waals surface area contributed by atoms with Gasteiger partial charge in [0, 0.05) is 31.1 Å². The number of methoxy groups -OCH3 is 1. The van der Waals surface area contributed by atoms with Crippen molar-refractivity contribution < 1.29 is 9.26 Å². The zero-order valence-electron chi connectivity index (χ0n) is 16.4. The SMILES string of the molecule is CCCCn1c(N)c(N(CCOC)Cc2nc(-c3ccsc3)no2)c(=O)[nH]c1=O. The maximum Gasteiger partial charge on any atom is 0.330 e. The number of rotatable bonds is 10. The molecule has 0 atom stereocenters. The molecule has 0 spiro atoms. The lowest BCUT2D eigenvalue weighted by atomic mass is 10.3. The van der Waals surface area contributed by atoms with E-state index in [4.69, 9.17) is 15.0 Å². The summed E-state index contributed by atoms with van der Waals surface area (Å²) in [6.45, 7) is 3.29. The van der Waals surface area contributed by atoms with Gasteiger partial charge in [-0.1, -0.05) is 18.5 Å². The summed E-state index contributed by atoms with van der Waals surface area (Å²) in [5, 5.41) is 7.84. The van der Waals surface area contributed by atoms with Crippen molar-refractivity contribution in [2.24, 2.45) is 0 Å². The second-order valence-corrected chi connectivity index (χ2v) is 7.22. The minimum atomic E-state index is -0.561. The topological polar surface area (TPSA) is 132 Å². The fourth-order valence-corrected chi connectivity index (χ4v) is 3.52. The Balaban J connectivity index is 1.94. The van der Waals surface area contributed by atoms with Crippen LogP contribution in [0.1, 0.15) is 25.7 Å². The van der Waals surface area contributed by atoms with Crippen molar-refractivity contribution in [1.82, 2.24) is 19.7 Å². The van der Waals surface area contributed by atoms with Crippen molar-refractivity contribution in [2.45, 2.75) is 32.9 Å². The number of hydrogen-bond acceptors (Lipinski definition) is 9. The molecule has 0 aliphatic heterocycles. The summed E-state index contributed by atoms with van der Waals surface area (Å²) in [5.74, 6) is 0.913. The fourth-order valence-electron chi connectivity index (χ4n) is 2.88. The van der Waals surface area contributed by atoms with E-state index in [1.54, 1.807) is 12.0 Å². The molecule has 3 rings (SSSR count). The lowest BCUT2D eigenvalue weighted by molar-refractivity contribution is 0.204. The third-order valence-electron chi connectivity index (χ3n) is 4.40. The number of unbranched alkanes of at least 4 members (excludes halogenated alkanes) is 1. The van der Waals surface area contributed by atoms with Crippen molar-refractivity contribution in [3.8, 4) is 11.4 Å². The molecule has 29 heavy (non-hydrogen) atoms. The van der Waals surface area contributed by atoms with Crippen LogP contribution in [0.15, 0.2) is 30.9 Å². The number of thiophene rings is 1. The van der Waals surface area contributed by atoms with Crippen molar-refractivity contribution in [3.63, 3.8) is 0 Å². The molecule has 0 bridgehead atoms. The number of aromatic amines is 1. The molecule has 3 heterocycles. The molecule has 0 fully saturated rings. The maximum atomic E-state index is 12.6. The second kappa shape index (κ2) is 9.52. The van der Waals surface area contributed by atoms with Crippen LogP contribution in [0, 0.1) is 0 Å². The van der Waals surface area contributed by atoms with Gasteiger partial charge in [0.25, 0.3) is 5.56 Å². The maximum absolute atomic E-state index is 12.6. The molecule has 3 aromatic heterocycles. The Morgan fingerprint density at radius 1 is 1.41 bits per heavy atom. The first-order valence-corrected chi connectivity index (χ1v) is 10.2. The molecule has 0 unspecified atom stereocenters. The molecule has 0 aliphatic rings. The third-order valence-corrected chi connectivity index (χ3v) is 5.09. The van der Waals surface area contributed by atoms with Gasteiger partial charge in [0.2, 0.25) is 11.7 Å². The smallest absolute Gasteiger partial charge is 0.330 e. The number of H-pyrrole nitrogens is 1. The molecular formula is C18H24N6O4S. The van der Waals surface area contributed by atoms with E-state index in [0.29, 0.717) is 31.4 Å². The number of anilines is 2. The number of nitrogens with zero attached hydrogens (tertiary/aromatic N) is 4. The van der Waals surface area contributed by atoms with Gasteiger partial charge >= 0.3 is 5.69 Å². The molecular weight excluding hydrogens is 396 g/mol. The summed E-state index contributed by atoms with van der Waals surface area (Å²) < 4.78 is 11.9. The Labute approximate surface area is 170 Å². The molecule has 0 saturated heterocycles. The standard InChI is InChI=1S/C18H24N6O4S/c1-3-4-6-24-15(19)14(17(25)21-18(24)26)23(7-8-27-2)10-13-20-16(22-28-13)12-5-9-29-11-12/h5,9,11H,3-4,6-8,10,19H2,1-2H3,(H,21,25,26). The van der Waals surface area contributed by atoms with Crippen LogP contribution >= 0.6 is 11.3 Å². The van der Waals surface area contributed by atoms with Crippen molar-refractivity contribution >= 4 is 22.8 Å². The summed E-state index contributed by atoms with van der Waals surface area (Å²) in [4.78, 5) is 33.2. The molecule has 11 heteroatoms. The van der Waals surface area contributed by atoms with Gasteiger partial charge in [-0.05, 0) is 17.9 Å². The van der Waals surface area contributed by atoms with Crippen LogP contribution in [-0.2, 0) is 17.8 Å². The highest BCUT2D eigenvalue weighted by Crippen LogP contribution is 2.22. The fraction of sp³-hybridized carbons (Fsp3) is 0.444. The highest BCUT2D eigenvalue weighted by molar-refractivity contribution is 7.08. The van der Waals surface area contributed by atoms with Crippen LogP contribution in [0.4, 0.5) is 11.5 Å². The van der Waals surface area contributed by atoms with Gasteiger partial charge < -0.3 is 19.9 Å². The first-order chi connectivity index (χ1) is 14.0. The van der Waals surface area contributed by atoms with Gasteiger partial charge in [-0.2, -0.15) is 16.3 Å². The van der Waals surface area contributed by atoms with Crippen molar-refractivity contribution in [1.29, 1.82) is 0 Å². The molecule has 156 valence electrons. The lowest BCUT2D eigenvalue weighted by Crippen LogP contribution is -2.39. The Hall–Kier alpha value is -2.92. The number of aromatic nitrogens is 4. The van der Waals surface area contributed by atoms with Gasteiger partial charge in [-0.15, -0.1) is 0 Å². The van der Waals surface area contributed by atoms with E-state index in [0.717, 1.165) is 18.4 Å². The molecule has 0 radical (unpaired) electrons. The Bertz CT molecular complexity index is 1040. The Kier molecular flexibility index (Phi) is 6.83. The summed E-state index contributed by atoms with van der Waals surface area (Å²) in [5.41, 5.74) is 6.20. The third kappa shape index (κ3) is 4.74. The molecule has 0 aliphatic carbocycles. The van der Waals surface area contributed by atoms with Crippen LogP contribution in [0.25, 0.3) is 11.4 Å². The molecule has 3 aromatic rings. The minimum absolute atomic E-state index is 0.112. The largest absolute Gasteiger partial charge is 0.383 e. The monoisotopic (exact) mass is 420 g/mol. The predicted molar refractivity (Wildman–Crippen MR) is 111 cm³/mol. The van der Waals surface area contributed by atoms with Crippen LogP contribution in [0.5, 0.6) is 0 Å². The molecule has 3 N–H and O–H groups in total. The average Bonchev–Trinajstić information content (AvgIpc) is 3.37. The highest BCUT2D eigenvalue weighted by atomic mass is 32.1. The average molecular weight is 420 g/mol. The number of hydrogen-bond donors (Lipinski definition) is 2. The quantitative estimate of drug-likeness (QED) is 0.506. The van der Waals surface area contributed by atoms with E-state index < -0.39 is 11.2 Å². The number of ether oxygens (including phenoxy) is 1. The van der Waals surface area contributed by atoms with E-state index in [1.807, 2.05) is 23.8 Å². The highest BCUT2D eigenvalue weighted by Gasteiger charge is 2.21. The van der Waals surface area contributed by atoms with E-state index in [2.05, 4.69) is 15.1 Å². The molecule has 0 saturated carbocycles. The summed E-state index contributed by atoms with van der Waals surface area (Å²) in [7, 11) is 1.56. The van der Waals surface area contributed by atoms with Crippen molar-refractivity contribution in [2.75, 3.05) is 30.9 Å². The first kappa shape index (κ1) is 20.8. The molecule has 0 amide bonds. The van der Waals surface area contributed by atoms with Crippen LogP contribution in [-0.4, -0.2) is 40.0 Å². The first-order valence-electron chi connectivity index (χ1n) is 9.26. The minimum Gasteiger partial charge on any atom is -0.383 e. The van der Waals surface area contributed by atoms with E-state index in [1.165, 1.54) is 15.9 Å². The van der Waals surface area contributed by atoms with Gasteiger partial charge in [-0.3, -0.25) is 14.3 Å². The van der Waals surface area contributed by atoms with E-state index in [-0.39, 0.29) is 18.1 Å². The van der Waals surface area contributed by atoms with Crippen LogP contribution < -0.4 is 21.9 Å². The second-order valence-electron chi connectivity index (χ2n) is 6.44. The summed E-state index contributed by atoms with van der Waals surface area (Å²) >= 11 is 1.54. The van der Waals surface area contributed by atoms with E-state index >= 15 is 0 Å². The number of nitrogens with two attached hydrogens (primary N) is 1. The van der Waals surface area contributed by atoms with Crippen LogP contribution in [0.2, 0.25) is 0 Å². The van der Waals surface area contributed by atoms with Gasteiger partial charge in [0.15, 0.2) is 0 Å². The van der Waals surface area contributed by atoms with Crippen molar-refractivity contribution in [3.05, 3.63) is 43.6 Å². The van der Waals surface area contributed by atoms with Gasteiger partial charge in [-0.25, -0.2) is 4.79 Å². The Morgan fingerprint density at radius 3 is 2.93 bits per heavy atom. The zero-order chi connectivity index (χ0) is 20.8. The normalized spacial score (nSPS) is 11.1. The number of nitrogen functional groups attached to an aromatic ring is 1. The molecule has 10 nitrogen and oxygen atoms in total.